The van der Waals surface area contributed by atoms with Crippen molar-refractivity contribution in [3.63, 3.8) is 0 Å². The molecule has 0 heterocycles. The van der Waals surface area contributed by atoms with Crippen molar-refractivity contribution in [1.82, 2.24) is 0 Å². The SMILES string of the molecule is CCCCCCCC/C=C\CCCCCCCC(=O)OC[C@H](COP(=O)(O)OC[C@@H](O)COP(=O)(O)O)OC(=O)CCCCCCCCCCCCCCC. The van der Waals surface area contributed by atoms with Crippen LogP contribution in [0.2, 0.25) is 0 Å². The van der Waals surface area contributed by atoms with Crippen LogP contribution in [0.25, 0.3) is 0 Å². The first kappa shape index (κ1) is 53.9. The number of hydrogen-bond acceptors (Lipinski definition) is 10. The van der Waals surface area contributed by atoms with Gasteiger partial charge in [-0.3, -0.25) is 23.2 Å². The summed E-state index contributed by atoms with van der Waals surface area (Å²) in [6.45, 7) is 1.76. The van der Waals surface area contributed by atoms with Crippen molar-refractivity contribution in [2.45, 2.75) is 206 Å². The third kappa shape index (κ3) is 40.8. The molecule has 0 aliphatic carbocycles. The summed E-state index contributed by atoms with van der Waals surface area (Å²) in [5.74, 6) is -1.03. The van der Waals surface area contributed by atoms with E-state index in [0.717, 1.165) is 57.8 Å². The second-order valence-electron chi connectivity index (χ2n) is 14.6. The zero-order valence-corrected chi connectivity index (χ0v) is 36.1. The van der Waals surface area contributed by atoms with Crippen molar-refractivity contribution in [1.29, 1.82) is 0 Å². The van der Waals surface area contributed by atoms with Gasteiger partial charge in [0.15, 0.2) is 6.10 Å². The van der Waals surface area contributed by atoms with Crippen molar-refractivity contribution in [2.75, 3.05) is 26.4 Å². The van der Waals surface area contributed by atoms with Crippen molar-refractivity contribution in [3.8, 4) is 0 Å². The number of allylic oxidation sites excluding steroid dienone is 2. The Bertz CT molecular complexity index is 1040. The van der Waals surface area contributed by atoms with Crippen LogP contribution in [-0.4, -0.2) is 70.4 Å². The molecule has 4 N–H and O–H groups in total. The number of hydrogen-bond donors (Lipinski definition) is 4. The number of rotatable bonds is 41. The molecule has 0 aliphatic rings. The van der Waals surface area contributed by atoms with Crippen LogP contribution < -0.4 is 0 Å². The standard InChI is InChI=1S/C40H78O13P2/c1-3-5-7-9-11-13-15-17-18-20-21-23-25-27-29-31-39(42)49-35-38(36-52-55(47,48)51-34-37(41)33-50-54(44,45)46)53-40(43)32-30-28-26-24-22-19-16-14-12-10-8-6-4-2/h17-18,37-38,41H,3-16,19-36H2,1-2H3,(H,47,48)(H2,44,45,46)/b18-17-/t37-,38+/m0/s1. The van der Waals surface area contributed by atoms with Gasteiger partial charge >= 0.3 is 27.6 Å². The molecule has 0 saturated carbocycles. The molecule has 3 atom stereocenters. The maximum absolute atomic E-state index is 12.6. The number of carbonyl (C=O) groups is 2. The van der Waals surface area contributed by atoms with Gasteiger partial charge in [0.1, 0.15) is 12.7 Å². The Morgan fingerprint density at radius 3 is 1.35 bits per heavy atom. The Labute approximate surface area is 332 Å². The minimum atomic E-state index is -4.86. The number of ether oxygens (including phenoxy) is 2. The van der Waals surface area contributed by atoms with E-state index in [1.54, 1.807) is 0 Å². The van der Waals surface area contributed by atoms with E-state index in [4.69, 9.17) is 23.8 Å². The molecule has 0 amide bonds. The van der Waals surface area contributed by atoms with E-state index in [1.165, 1.54) is 96.3 Å². The summed E-state index contributed by atoms with van der Waals surface area (Å²) in [5.41, 5.74) is 0. The van der Waals surface area contributed by atoms with E-state index < -0.39 is 59.6 Å². The lowest BCUT2D eigenvalue weighted by Gasteiger charge is -2.20. The second kappa shape index (κ2) is 37.2. The highest BCUT2D eigenvalue weighted by Crippen LogP contribution is 2.43. The lowest BCUT2D eigenvalue weighted by molar-refractivity contribution is -0.161. The van der Waals surface area contributed by atoms with Gasteiger partial charge in [-0.2, -0.15) is 0 Å². The predicted molar refractivity (Wildman–Crippen MR) is 216 cm³/mol. The number of phosphoric ester groups is 2. The Kier molecular flexibility index (Phi) is 36.4. The van der Waals surface area contributed by atoms with Crippen molar-refractivity contribution >= 4 is 27.6 Å². The summed E-state index contributed by atoms with van der Waals surface area (Å²) in [4.78, 5) is 52.6. The average molecular weight is 829 g/mol. The van der Waals surface area contributed by atoms with Gasteiger partial charge in [0.05, 0.1) is 19.8 Å². The minimum absolute atomic E-state index is 0.135. The highest BCUT2D eigenvalue weighted by atomic mass is 31.2. The van der Waals surface area contributed by atoms with Crippen LogP contribution in [0.15, 0.2) is 12.2 Å². The predicted octanol–water partition coefficient (Wildman–Crippen LogP) is 10.6. The Hall–Kier alpha value is -1.14. The molecule has 13 nitrogen and oxygen atoms in total. The maximum Gasteiger partial charge on any atom is 0.472 e. The van der Waals surface area contributed by atoms with Gasteiger partial charge in [0.25, 0.3) is 0 Å². The van der Waals surface area contributed by atoms with Gasteiger partial charge in [-0.1, -0.05) is 154 Å². The summed E-state index contributed by atoms with van der Waals surface area (Å²) in [6.07, 6.45) is 32.0. The van der Waals surface area contributed by atoms with E-state index in [0.29, 0.717) is 12.8 Å². The molecule has 0 radical (unpaired) electrons. The summed E-state index contributed by atoms with van der Waals surface area (Å²) in [5, 5.41) is 9.73. The largest absolute Gasteiger partial charge is 0.472 e. The quantitative estimate of drug-likeness (QED) is 0.0197. The van der Waals surface area contributed by atoms with E-state index >= 15 is 0 Å². The molecule has 0 fully saturated rings. The fourth-order valence-electron chi connectivity index (χ4n) is 5.87. The van der Waals surface area contributed by atoms with Gasteiger partial charge in [-0.05, 0) is 38.5 Å². The van der Waals surface area contributed by atoms with Gasteiger partial charge in [-0.25, -0.2) is 9.13 Å². The lowest BCUT2D eigenvalue weighted by Crippen LogP contribution is -2.30. The summed E-state index contributed by atoms with van der Waals surface area (Å²) in [6, 6.07) is 0. The first-order valence-electron chi connectivity index (χ1n) is 21.4. The Morgan fingerprint density at radius 1 is 0.509 bits per heavy atom. The molecular formula is C40H78O13P2. The Balaban J connectivity index is 4.51. The molecule has 0 bridgehead atoms. The number of unbranched alkanes of at least 4 members (excludes halogenated alkanes) is 23. The van der Waals surface area contributed by atoms with Crippen LogP contribution in [0, 0.1) is 0 Å². The first-order chi connectivity index (χ1) is 26.4. The molecule has 0 aromatic carbocycles. The normalized spacial score (nSPS) is 14.2. The van der Waals surface area contributed by atoms with Crippen molar-refractivity contribution < 1.29 is 61.6 Å². The molecule has 55 heavy (non-hydrogen) atoms. The third-order valence-electron chi connectivity index (χ3n) is 9.14. The van der Waals surface area contributed by atoms with E-state index in [9.17, 15) is 28.7 Å². The maximum atomic E-state index is 12.6. The lowest BCUT2D eigenvalue weighted by atomic mass is 10.0. The number of carbonyl (C=O) groups excluding carboxylic acids is 2. The highest BCUT2D eigenvalue weighted by molar-refractivity contribution is 7.47. The van der Waals surface area contributed by atoms with Crippen molar-refractivity contribution in [2.24, 2.45) is 0 Å². The second-order valence-corrected chi connectivity index (χ2v) is 17.3. The fourth-order valence-corrected chi connectivity index (χ4v) is 7.03. The molecular weight excluding hydrogens is 750 g/mol. The topological polar surface area (TPSA) is 195 Å². The molecule has 0 saturated heterocycles. The van der Waals surface area contributed by atoms with Crippen LogP contribution in [0.1, 0.15) is 194 Å². The third-order valence-corrected chi connectivity index (χ3v) is 10.6. The zero-order valence-electron chi connectivity index (χ0n) is 34.3. The van der Waals surface area contributed by atoms with Crippen LogP contribution in [0.5, 0.6) is 0 Å². The number of esters is 2. The first-order valence-corrected chi connectivity index (χ1v) is 24.4. The zero-order chi connectivity index (χ0) is 40.9. The molecule has 0 aromatic heterocycles. The van der Waals surface area contributed by atoms with E-state index in [-0.39, 0.29) is 19.4 Å². The summed E-state index contributed by atoms with van der Waals surface area (Å²) >= 11 is 0. The number of phosphoric acid groups is 2. The molecule has 326 valence electrons. The number of aliphatic hydroxyl groups is 1. The average Bonchev–Trinajstić information content (AvgIpc) is 3.14. The van der Waals surface area contributed by atoms with Crippen LogP contribution in [0.4, 0.5) is 0 Å². The minimum Gasteiger partial charge on any atom is -0.462 e. The van der Waals surface area contributed by atoms with Crippen LogP contribution in [0.3, 0.4) is 0 Å². The smallest absolute Gasteiger partial charge is 0.462 e. The summed E-state index contributed by atoms with van der Waals surface area (Å²) < 4.78 is 47.7. The fraction of sp³-hybridized carbons (Fsp3) is 0.900. The van der Waals surface area contributed by atoms with E-state index in [1.807, 2.05) is 0 Å². The van der Waals surface area contributed by atoms with Crippen molar-refractivity contribution in [3.05, 3.63) is 12.2 Å². The molecule has 0 rings (SSSR count). The summed E-state index contributed by atoms with van der Waals surface area (Å²) in [7, 11) is -9.66. The van der Waals surface area contributed by atoms with E-state index in [2.05, 4.69) is 35.0 Å². The van der Waals surface area contributed by atoms with Gasteiger partial charge in [0, 0.05) is 12.8 Å². The van der Waals surface area contributed by atoms with Gasteiger partial charge in [0.2, 0.25) is 0 Å². The van der Waals surface area contributed by atoms with Crippen LogP contribution >= 0.6 is 15.6 Å². The van der Waals surface area contributed by atoms with Gasteiger partial charge in [-0.15, -0.1) is 0 Å². The monoisotopic (exact) mass is 828 g/mol. The van der Waals surface area contributed by atoms with Crippen LogP contribution in [-0.2, 0) is 41.8 Å². The highest BCUT2D eigenvalue weighted by Gasteiger charge is 2.28. The molecule has 0 spiro atoms. The molecule has 1 unspecified atom stereocenters. The Morgan fingerprint density at radius 2 is 0.891 bits per heavy atom. The molecule has 0 aromatic rings. The number of aliphatic hydroxyl groups excluding tert-OH is 1. The molecule has 0 aliphatic heterocycles. The van der Waals surface area contributed by atoms with Gasteiger partial charge < -0.3 is 29.3 Å². The molecule has 15 heteroatoms.